The van der Waals surface area contributed by atoms with Crippen molar-refractivity contribution in [2.45, 2.75) is 69.5 Å². The summed E-state index contributed by atoms with van der Waals surface area (Å²) >= 11 is 6.43. The minimum absolute atomic E-state index is 0.0166. The van der Waals surface area contributed by atoms with Crippen molar-refractivity contribution in [1.82, 2.24) is 26.5 Å². The second kappa shape index (κ2) is 10.4. The van der Waals surface area contributed by atoms with Gasteiger partial charge < -0.3 is 10.6 Å². The number of piperidine rings is 1. The fourth-order valence-electron chi connectivity index (χ4n) is 4.50. The maximum atomic E-state index is 12.7. The molecule has 3 heterocycles. The number of hydrazine groups is 1. The highest BCUT2D eigenvalue weighted by molar-refractivity contribution is 6.21. The van der Waals surface area contributed by atoms with E-state index in [1.807, 2.05) is 0 Å². The van der Waals surface area contributed by atoms with Gasteiger partial charge in [0.2, 0.25) is 5.91 Å². The first-order chi connectivity index (χ1) is 13.1. The summed E-state index contributed by atoms with van der Waals surface area (Å²) in [6.07, 6.45) is 5.38. The second-order valence-electron chi connectivity index (χ2n) is 8.27. The van der Waals surface area contributed by atoms with Crippen molar-refractivity contribution in [3.8, 4) is 0 Å². The van der Waals surface area contributed by atoms with Crippen LogP contribution in [-0.2, 0) is 9.63 Å². The number of hydrogen-bond acceptors (Lipinski definition) is 6. The smallest absolute Gasteiger partial charge is 0.239 e. The monoisotopic (exact) mass is 401 g/mol. The molecule has 8 heteroatoms. The molecule has 3 rings (SSSR count). The van der Waals surface area contributed by atoms with Crippen LogP contribution in [-0.4, -0.2) is 67.2 Å². The van der Waals surface area contributed by atoms with Crippen LogP contribution in [0.25, 0.3) is 0 Å². The highest BCUT2D eigenvalue weighted by Gasteiger charge is 2.40. The molecule has 3 aliphatic heterocycles. The van der Waals surface area contributed by atoms with Gasteiger partial charge in [0.1, 0.15) is 6.04 Å². The number of nitrogens with zero attached hydrogens (tertiary/aromatic N) is 1. The maximum Gasteiger partial charge on any atom is 0.239 e. The average molecular weight is 402 g/mol. The minimum atomic E-state index is -0.286. The summed E-state index contributed by atoms with van der Waals surface area (Å²) < 4.78 is 0. The number of carbonyl (C=O) groups is 1. The molecule has 27 heavy (non-hydrogen) atoms. The van der Waals surface area contributed by atoms with Gasteiger partial charge in [-0.1, -0.05) is 26.7 Å². The van der Waals surface area contributed by atoms with Crippen molar-refractivity contribution in [1.29, 1.82) is 0 Å². The number of rotatable bonds is 8. The van der Waals surface area contributed by atoms with Crippen molar-refractivity contribution in [2.24, 2.45) is 11.8 Å². The second-order valence-corrected chi connectivity index (χ2v) is 8.83. The van der Waals surface area contributed by atoms with Gasteiger partial charge in [-0.25, -0.2) is 5.01 Å². The van der Waals surface area contributed by atoms with Crippen LogP contribution < -0.4 is 21.5 Å². The lowest BCUT2D eigenvalue weighted by atomic mass is 9.89. The van der Waals surface area contributed by atoms with Gasteiger partial charge in [0, 0.05) is 38.5 Å². The highest BCUT2D eigenvalue weighted by atomic mass is 35.5. The van der Waals surface area contributed by atoms with Crippen LogP contribution in [0, 0.1) is 11.8 Å². The van der Waals surface area contributed by atoms with Crippen molar-refractivity contribution in [3.05, 3.63) is 0 Å². The number of hydrogen-bond donors (Lipinski definition) is 4. The first kappa shape index (κ1) is 21.3. The third kappa shape index (κ3) is 5.78. The molecule has 0 saturated carbocycles. The van der Waals surface area contributed by atoms with Crippen molar-refractivity contribution >= 4 is 17.5 Å². The van der Waals surface area contributed by atoms with Crippen LogP contribution in [0.15, 0.2) is 0 Å². The van der Waals surface area contributed by atoms with Gasteiger partial charge in [-0.15, -0.1) is 11.6 Å². The Morgan fingerprint density at radius 3 is 2.96 bits per heavy atom. The van der Waals surface area contributed by atoms with E-state index in [1.165, 1.54) is 19.3 Å². The van der Waals surface area contributed by atoms with E-state index in [1.54, 1.807) is 0 Å². The lowest BCUT2D eigenvalue weighted by Crippen LogP contribution is -2.47. The number of nitrogens with one attached hydrogen (secondary N) is 4. The van der Waals surface area contributed by atoms with E-state index >= 15 is 0 Å². The molecule has 3 saturated heterocycles. The van der Waals surface area contributed by atoms with Gasteiger partial charge in [0.15, 0.2) is 0 Å². The molecule has 3 aliphatic rings. The quantitative estimate of drug-likeness (QED) is 0.454. The Kier molecular flexibility index (Phi) is 8.17. The predicted molar refractivity (Wildman–Crippen MR) is 107 cm³/mol. The molecule has 0 aromatic heterocycles. The zero-order valence-corrected chi connectivity index (χ0v) is 17.4. The summed E-state index contributed by atoms with van der Waals surface area (Å²) in [6.45, 7) is 8.98. The summed E-state index contributed by atoms with van der Waals surface area (Å²) in [6, 6.07) is -0.136. The number of alkyl halides is 1. The minimum Gasteiger partial charge on any atom is -0.349 e. The predicted octanol–water partition coefficient (Wildman–Crippen LogP) is 0.997. The third-order valence-electron chi connectivity index (χ3n) is 6.18. The van der Waals surface area contributed by atoms with Crippen molar-refractivity contribution in [2.75, 3.05) is 32.7 Å². The topological polar surface area (TPSA) is 77.7 Å². The maximum absolute atomic E-state index is 12.7. The van der Waals surface area contributed by atoms with Gasteiger partial charge in [-0.05, 0) is 25.3 Å². The molecule has 0 aliphatic carbocycles. The highest BCUT2D eigenvalue weighted by Crippen LogP contribution is 2.29. The van der Waals surface area contributed by atoms with Gasteiger partial charge in [-0.2, -0.15) is 5.48 Å². The van der Waals surface area contributed by atoms with Gasteiger partial charge in [0.25, 0.3) is 0 Å². The molecule has 6 unspecified atom stereocenters. The summed E-state index contributed by atoms with van der Waals surface area (Å²) in [5.74, 6) is 1.05. The fourth-order valence-corrected chi connectivity index (χ4v) is 4.89. The lowest BCUT2D eigenvalue weighted by molar-refractivity contribution is -0.125. The van der Waals surface area contributed by atoms with Gasteiger partial charge in [0.05, 0.1) is 17.5 Å². The number of halogens is 1. The largest absolute Gasteiger partial charge is 0.349 e. The molecule has 0 aromatic carbocycles. The van der Waals surface area contributed by atoms with Crippen LogP contribution in [0.1, 0.15) is 46.0 Å². The molecule has 0 radical (unpaired) electrons. The van der Waals surface area contributed by atoms with E-state index in [-0.39, 0.29) is 29.5 Å². The van der Waals surface area contributed by atoms with Crippen LogP contribution >= 0.6 is 11.6 Å². The number of amides is 1. The average Bonchev–Trinajstić information content (AvgIpc) is 3.31. The van der Waals surface area contributed by atoms with Crippen molar-refractivity contribution < 1.29 is 9.63 Å². The first-order valence-corrected chi connectivity index (χ1v) is 11.1. The first-order valence-electron chi connectivity index (χ1n) is 10.7. The standard InChI is InChI=1S/C19H36ClN5O2/c1-3-5-13(4-2)11-25-12-14(9-22-25)23-19(26)17-8-18(27-24-17)15-6-7-21-10-16(15)20/h13-18,21-22,24H,3-12H2,1-2H3,(H,23,26). The molecule has 3 fully saturated rings. The molecule has 0 spiro atoms. The van der Waals surface area contributed by atoms with Crippen LogP contribution in [0.2, 0.25) is 0 Å². The van der Waals surface area contributed by atoms with E-state index in [4.69, 9.17) is 16.4 Å². The summed E-state index contributed by atoms with van der Waals surface area (Å²) in [5.41, 5.74) is 6.38. The lowest BCUT2D eigenvalue weighted by Gasteiger charge is -2.31. The van der Waals surface area contributed by atoms with Gasteiger partial charge in [-0.3, -0.25) is 15.1 Å². The molecule has 0 bridgehead atoms. The molecule has 1 amide bonds. The van der Waals surface area contributed by atoms with Crippen molar-refractivity contribution in [3.63, 3.8) is 0 Å². The Labute approximate surface area is 168 Å². The fraction of sp³-hybridized carbons (Fsp3) is 0.947. The van der Waals surface area contributed by atoms with Gasteiger partial charge >= 0.3 is 0 Å². The molecule has 7 nitrogen and oxygen atoms in total. The molecule has 4 N–H and O–H groups in total. The molecular formula is C19H36ClN5O2. The Balaban J connectivity index is 1.41. The zero-order chi connectivity index (χ0) is 19.2. The summed E-state index contributed by atoms with van der Waals surface area (Å²) in [5, 5.41) is 8.81. The SMILES string of the molecule is CCCC(CC)CN1CC(NC(=O)C2CC(C3CCNCC3Cl)ON2)CN1. The van der Waals surface area contributed by atoms with Crippen LogP contribution in [0.3, 0.4) is 0 Å². The van der Waals surface area contributed by atoms with E-state index in [9.17, 15) is 4.79 Å². The number of hydroxylamine groups is 1. The van der Waals surface area contributed by atoms with E-state index in [2.05, 4.69) is 40.4 Å². The molecule has 156 valence electrons. The number of carbonyl (C=O) groups excluding carboxylic acids is 1. The molecular weight excluding hydrogens is 366 g/mol. The van der Waals surface area contributed by atoms with E-state index in [0.717, 1.165) is 45.1 Å². The summed E-state index contributed by atoms with van der Waals surface area (Å²) in [4.78, 5) is 18.4. The third-order valence-corrected chi connectivity index (χ3v) is 6.66. The molecule has 6 atom stereocenters. The van der Waals surface area contributed by atoms with E-state index in [0.29, 0.717) is 12.3 Å². The normalized spacial score (nSPS) is 36.0. The van der Waals surface area contributed by atoms with Crippen LogP contribution in [0.5, 0.6) is 0 Å². The Hall–Kier alpha value is -0.440. The Bertz CT molecular complexity index is 483. The summed E-state index contributed by atoms with van der Waals surface area (Å²) in [7, 11) is 0. The van der Waals surface area contributed by atoms with Crippen LogP contribution in [0.4, 0.5) is 0 Å². The Morgan fingerprint density at radius 1 is 1.37 bits per heavy atom. The Morgan fingerprint density at radius 2 is 2.22 bits per heavy atom. The van der Waals surface area contributed by atoms with E-state index < -0.39 is 0 Å². The molecule has 0 aromatic rings. The zero-order valence-electron chi connectivity index (χ0n) is 16.7.